The Morgan fingerprint density at radius 1 is 1.54 bits per heavy atom. The number of oxime groups is 1. The lowest BCUT2D eigenvalue weighted by Gasteiger charge is -2.18. The zero-order chi connectivity index (χ0) is 10.5. The quantitative estimate of drug-likeness (QED) is 0.273. The summed E-state index contributed by atoms with van der Waals surface area (Å²) in [6.45, 7) is 3.48. The predicted octanol–water partition coefficient (Wildman–Crippen LogP) is -0.596. The maximum atomic E-state index is 11.3. The van der Waals surface area contributed by atoms with Crippen molar-refractivity contribution >= 4 is 15.9 Å². The zero-order valence-corrected chi connectivity index (χ0v) is 8.58. The molecule has 0 spiro atoms. The summed E-state index contributed by atoms with van der Waals surface area (Å²) in [4.78, 5) is 0. The van der Waals surface area contributed by atoms with Gasteiger partial charge in [0.2, 0.25) is 10.0 Å². The molecule has 6 nitrogen and oxygen atoms in total. The highest BCUT2D eigenvalue weighted by atomic mass is 32.2. The fourth-order valence-corrected chi connectivity index (χ4v) is 1.89. The average Bonchev–Trinajstić information content (AvgIpc) is 2.13. The molecule has 0 bridgehead atoms. The maximum Gasteiger partial charge on any atom is 0.214 e. The van der Waals surface area contributed by atoms with Crippen LogP contribution >= 0.6 is 0 Å². The Morgan fingerprint density at radius 3 is 2.38 bits per heavy atom. The molecule has 0 rings (SSSR count). The second-order valence-corrected chi connectivity index (χ2v) is 4.68. The van der Waals surface area contributed by atoms with Gasteiger partial charge in [0, 0.05) is 6.54 Å². The lowest BCUT2D eigenvalue weighted by molar-refractivity contribution is 0.315. The standard InChI is InChI=1S/C6H15N3O3S/c1-3-9(5-6(7)8-10)13(11,12)4-2/h10H,3-5H2,1-2H3,(H2,7,8). The van der Waals surface area contributed by atoms with Crippen molar-refractivity contribution in [3.63, 3.8) is 0 Å². The Hall–Kier alpha value is -0.820. The molecule has 0 aromatic carbocycles. The average molecular weight is 209 g/mol. The van der Waals surface area contributed by atoms with Crippen LogP contribution in [0.4, 0.5) is 0 Å². The number of nitrogens with zero attached hydrogens (tertiary/aromatic N) is 2. The Bertz CT molecular complexity index is 273. The van der Waals surface area contributed by atoms with E-state index in [1.54, 1.807) is 13.8 Å². The molecule has 0 aliphatic heterocycles. The van der Waals surface area contributed by atoms with Crippen LogP contribution in [0.2, 0.25) is 0 Å². The third kappa shape index (κ3) is 3.60. The Balaban J connectivity index is 4.54. The lowest BCUT2D eigenvalue weighted by Crippen LogP contribution is -2.39. The van der Waals surface area contributed by atoms with Crippen molar-refractivity contribution in [1.29, 1.82) is 0 Å². The van der Waals surface area contributed by atoms with Crippen LogP contribution in [-0.4, -0.2) is 42.6 Å². The van der Waals surface area contributed by atoms with Crippen LogP contribution < -0.4 is 5.73 Å². The van der Waals surface area contributed by atoms with Gasteiger partial charge >= 0.3 is 0 Å². The highest BCUT2D eigenvalue weighted by Gasteiger charge is 2.18. The predicted molar refractivity (Wildman–Crippen MR) is 50.1 cm³/mol. The number of likely N-dealkylation sites (N-methyl/N-ethyl adjacent to an activating group) is 1. The SMILES string of the molecule is CCN(CC(N)=NO)S(=O)(=O)CC. The summed E-state index contributed by atoms with van der Waals surface area (Å²) < 4.78 is 23.8. The van der Waals surface area contributed by atoms with Crippen molar-refractivity contribution in [3.8, 4) is 0 Å². The molecule has 0 aliphatic carbocycles. The summed E-state index contributed by atoms with van der Waals surface area (Å²) in [7, 11) is -3.25. The fraction of sp³-hybridized carbons (Fsp3) is 0.833. The van der Waals surface area contributed by atoms with Gasteiger partial charge in [-0.05, 0) is 6.92 Å². The van der Waals surface area contributed by atoms with E-state index in [1.165, 1.54) is 0 Å². The van der Waals surface area contributed by atoms with Crippen molar-refractivity contribution < 1.29 is 13.6 Å². The van der Waals surface area contributed by atoms with Gasteiger partial charge in [0.15, 0.2) is 5.84 Å². The van der Waals surface area contributed by atoms with E-state index in [0.29, 0.717) is 6.54 Å². The van der Waals surface area contributed by atoms with Gasteiger partial charge in [0.1, 0.15) is 0 Å². The van der Waals surface area contributed by atoms with Crippen molar-refractivity contribution in [2.45, 2.75) is 13.8 Å². The first-order valence-electron chi connectivity index (χ1n) is 3.92. The third-order valence-corrected chi connectivity index (χ3v) is 3.48. The number of rotatable bonds is 5. The first-order valence-corrected chi connectivity index (χ1v) is 5.53. The Labute approximate surface area is 78.1 Å². The molecule has 3 N–H and O–H groups in total. The first kappa shape index (κ1) is 12.2. The van der Waals surface area contributed by atoms with Crippen molar-refractivity contribution in [2.75, 3.05) is 18.8 Å². The second kappa shape index (κ2) is 5.03. The number of nitrogens with two attached hydrogens (primary N) is 1. The van der Waals surface area contributed by atoms with Crippen molar-refractivity contribution in [3.05, 3.63) is 0 Å². The molecule has 0 atom stereocenters. The molecule has 13 heavy (non-hydrogen) atoms. The number of hydrogen-bond acceptors (Lipinski definition) is 4. The molecule has 0 unspecified atom stereocenters. The number of sulfonamides is 1. The summed E-state index contributed by atoms with van der Waals surface area (Å²) in [5, 5.41) is 11.0. The van der Waals surface area contributed by atoms with E-state index in [1.807, 2.05) is 0 Å². The second-order valence-electron chi connectivity index (χ2n) is 2.42. The molecule has 78 valence electrons. The molecule has 0 aromatic heterocycles. The van der Waals surface area contributed by atoms with E-state index < -0.39 is 10.0 Å². The molecule has 0 saturated carbocycles. The summed E-state index contributed by atoms with van der Waals surface area (Å²) in [6.07, 6.45) is 0. The van der Waals surface area contributed by atoms with Gasteiger partial charge < -0.3 is 10.9 Å². The normalized spacial score (nSPS) is 13.6. The van der Waals surface area contributed by atoms with Crippen LogP contribution in [0.15, 0.2) is 5.16 Å². The molecule has 0 fully saturated rings. The van der Waals surface area contributed by atoms with Crippen LogP contribution in [0.25, 0.3) is 0 Å². The van der Waals surface area contributed by atoms with Gasteiger partial charge in [-0.15, -0.1) is 0 Å². The fourth-order valence-electron chi connectivity index (χ4n) is 0.802. The maximum absolute atomic E-state index is 11.3. The smallest absolute Gasteiger partial charge is 0.214 e. The molecular weight excluding hydrogens is 194 g/mol. The van der Waals surface area contributed by atoms with Crippen molar-refractivity contribution in [1.82, 2.24) is 4.31 Å². The van der Waals surface area contributed by atoms with Gasteiger partial charge in [-0.1, -0.05) is 12.1 Å². The van der Waals surface area contributed by atoms with Gasteiger partial charge in [-0.2, -0.15) is 4.31 Å². The van der Waals surface area contributed by atoms with Crippen molar-refractivity contribution in [2.24, 2.45) is 10.9 Å². The van der Waals surface area contributed by atoms with Crippen LogP contribution in [0.1, 0.15) is 13.8 Å². The minimum atomic E-state index is -3.25. The Morgan fingerprint density at radius 2 is 2.08 bits per heavy atom. The van der Waals surface area contributed by atoms with E-state index >= 15 is 0 Å². The molecular formula is C6H15N3O3S. The lowest BCUT2D eigenvalue weighted by atomic mass is 10.6. The molecule has 0 amide bonds. The van der Waals surface area contributed by atoms with E-state index in [4.69, 9.17) is 10.9 Å². The molecule has 7 heteroatoms. The minimum Gasteiger partial charge on any atom is -0.409 e. The summed E-state index contributed by atoms with van der Waals surface area (Å²) in [5.41, 5.74) is 5.19. The topological polar surface area (TPSA) is 96.0 Å². The highest BCUT2D eigenvalue weighted by molar-refractivity contribution is 7.89. The highest BCUT2D eigenvalue weighted by Crippen LogP contribution is 1.99. The van der Waals surface area contributed by atoms with E-state index in [0.717, 1.165) is 4.31 Å². The van der Waals surface area contributed by atoms with Crippen LogP contribution in [-0.2, 0) is 10.0 Å². The zero-order valence-electron chi connectivity index (χ0n) is 7.77. The van der Waals surface area contributed by atoms with E-state index in [9.17, 15) is 8.42 Å². The van der Waals surface area contributed by atoms with Gasteiger partial charge in [0.25, 0.3) is 0 Å². The first-order chi connectivity index (χ1) is 5.97. The summed E-state index contributed by atoms with van der Waals surface area (Å²) in [6, 6.07) is 0. The molecule has 0 radical (unpaired) electrons. The Kier molecular flexibility index (Phi) is 4.71. The summed E-state index contributed by atoms with van der Waals surface area (Å²) in [5.74, 6) is -0.0987. The minimum absolute atomic E-state index is 0.0134. The number of amidine groups is 1. The van der Waals surface area contributed by atoms with Crippen LogP contribution in [0.3, 0.4) is 0 Å². The third-order valence-electron chi connectivity index (χ3n) is 1.58. The van der Waals surface area contributed by atoms with Gasteiger partial charge in [0.05, 0.1) is 12.3 Å². The monoisotopic (exact) mass is 209 g/mol. The van der Waals surface area contributed by atoms with Gasteiger partial charge in [-0.3, -0.25) is 0 Å². The summed E-state index contributed by atoms with van der Waals surface area (Å²) >= 11 is 0. The van der Waals surface area contributed by atoms with Gasteiger partial charge in [-0.25, -0.2) is 8.42 Å². The largest absolute Gasteiger partial charge is 0.409 e. The number of hydrogen-bond donors (Lipinski definition) is 2. The van der Waals surface area contributed by atoms with Crippen LogP contribution in [0, 0.1) is 0 Å². The molecule has 0 aromatic rings. The van der Waals surface area contributed by atoms with E-state index in [-0.39, 0.29) is 18.1 Å². The molecule has 0 heterocycles. The van der Waals surface area contributed by atoms with E-state index in [2.05, 4.69) is 5.16 Å². The molecule has 0 saturated heterocycles. The molecule has 0 aliphatic rings. The van der Waals surface area contributed by atoms with Crippen LogP contribution in [0.5, 0.6) is 0 Å².